The van der Waals surface area contributed by atoms with E-state index < -0.39 is 22.2 Å². The van der Waals surface area contributed by atoms with Crippen molar-refractivity contribution in [1.82, 2.24) is 0 Å². The summed E-state index contributed by atoms with van der Waals surface area (Å²) in [4.78, 5) is 0.705. The number of benzene rings is 2. The summed E-state index contributed by atoms with van der Waals surface area (Å²) in [5.74, 6) is 0. The fraction of sp³-hybridized carbons (Fsp3) is 0.0667. The molecule has 0 aliphatic carbocycles. The Bertz CT molecular complexity index is 725. The molecule has 0 spiro atoms. The Hall–Kier alpha value is -1.81. The third-order valence-electron chi connectivity index (χ3n) is 2.95. The lowest BCUT2D eigenvalue weighted by atomic mass is 10.2. The minimum absolute atomic E-state index is 0.391. The summed E-state index contributed by atoms with van der Waals surface area (Å²) in [7, 11) is -0.391. The largest absolute Gasteiger partial charge is 0.416 e. The van der Waals surface area contributed by atoms with E-state index in [1.54, 1.807) is 6.07 Å². The van der Waals surface area contributed by atoms with Crippen molar-refractivity contribution in [2.75, 3.05) is 0 Å². The smallest absolute Gasteiger partial charge is 0.166 e. The molecule has 2 aromatic carbocycles. The molecule has 0 saturated carbocycles. The predicted molar refractivity (Wildman–Crippen MR) is 72.8 cm³/mol. The molecule has 96 valence electrons. The van der Waals surface area contributed by atoms with Crippen LogP contribution >= 0.6 is 10.5 Å². The third-order valence-corrected chi connectivity index (χ3v) is 4.97. The summed E-state index contributed by atoms with van der Waals surface area (Å²) in [6.45, 7) is 0. The number of alkyl halides is 3. The van der Waals surface area contributed by atoms with Gasteiger partial charge in [-0.25, -0.2) is 0 Å². The summed E-state index contributed by atoms with van der Waals surface area (Å²) in [5.41, 5.74) is -0.588. The van der Waals surface area contributed by atoms with Gasteiger partial charge in [-0.3, -0.25) is 0 Å². The standard InChI is InChI=1S/C15H10F3S/c16-15(17,18)12-5-3-6-13(10-12)19-9-8-11-4-1-2-7-14(11)19/h1-10H/q+1. The Labute approximate surface area is 111 Å². The second-order valence-electron chi connectivity index (χ2n) is 4.20. The van der Waals surface area contributed by atoms with Crippen LogP contribution in [0.4, 0.5) is 13.2 Å². The van der Waals surface area contributed by atoms with Crippen molar-refractivity contribution in [3.8, 4) is 4.90 Å². The number of rotatable bonds is 1. The molecule has 1 atom stereocenters. The van der Waals surface area contributed by atoms with Crippen LogP contribution in [0.1, 0.15) is 5.56 Å². The zero-order valence-electron chi connectivity index (χ0n) is 9.82. The average molecular weight is 279 g/mol. The first-order chi connectivity index (χ1) is 9.05. The van der Waals surface area contributed by atoms with E-state index in [1.165, 1.54) is 12.1 Å². The van der Waals surface area contributed by atoms with Crippen molar-refractivity contribution in [3.05, 3.63) is 65.5 Å². The first-order valence-electron chi connectivity index (χ1n) is 5.73. The number of hydrogen-bond donors (Lipinski definition) is 0. The van der Waals surface area contributed by atoms with Gasteiger partial charge in [-0.1, -0.05) is 18.2 Å². The van der Waals surface area contributed by atoms with Crippen LogP contribution in [-0.4, -0.2) is 0 Å². The van der Waals surface area contributed by atoms with Gasteiger partial charge in [-0.05, 0) is 24.3 Å². The molecule has 3 rings (SSSR count). The maximum Gasteiger partial charge on any atom is 0.416 e. The van der Waals surface area contributed by atoms with Crippen molar-refractivity contribution in [1.29, 1.82) is 0 Å². The normalized spacial score (nSPS) is 12.9. The fourth-order valence-electron chi connectivity index (χ4n) is 2.05. The molecule has 0 amide bonds. The number of fused-ring (bicyclic) bond motifs is 1. The summed E-state index contributed by atoms with van der Waals surface area (Å²) < 4.78 is 39.3. The average Bonchev–Trinajstić information content (AvgIpc) is 2.82. The van der Waals surface area contributed by atoms with Crippen LogP contribution in [0.15, 0.2) is 60.0 Å². The van der Waals surface area contributed by atoms with Crippen LogP contribution in [0.5, 0.6) is 0 Å². The van der Waals surface area contributed by atoms with E-state index >= 15 is 0 Å². The predicted octanol–water partition coefficient (Wildman–Crippen LogP) is 5.60. The second-order valence-corrected chi connectivity index (χ2v) is 6.06. The van der Waals surface area contributed by atoms with E-state index in [-0.39, 0.29) is 0 Å². The first-order valence-corrected chi connectivity index (χ1v) is 7.02. The van der Waals surface area contributed by atoms with Gasteiger partial charge in [-0.2, -0.15) is 13.2 Å². The molecular weight excluding hydrogens is 269 g/mol. The van der Waals surface area contributed by atoms with Crippen molar-refractivity contribution < 1.29 is 13.2 Å². The van der Waals surface area contributed by atoms with Crippen molar-refractivity contribution in [2.24, 2.45) is 0 Å². The van der Waals surface area contributed by atoms with E-state index in [1.807, 2.05) is 35.7 Å². The van der Waals surface area contributed by atoms with Crippen LogP contribution in [0.25, 0.3) is 15.0 Å². The third kappa shape index (κ3) is 2.24. The van der Waals surface area contributed by atoms with E-state index in [2.05, 4.69) is 0 Å². The summed E-state index contributed by atoms with van der Waals surface area (Å²) >= 11 is 0. The summed E-state index contributed by atoms with van der Waals surface area (Å²) in [6, 6.07) is 15.4. The highest BCUT2D eigenvalue weighted by molar-refractivity contribution is 7.43. The zero-order valence-corrected chi connectivity index (χ0v) is 10.6. The first kappa shape index (κ1) is 12.2. The summed E-state index contributed by atoms with van der Waals surface area (Å²) in [6.07, 6.45) is -4.29. The topological polar surface area (TPSA) is 0 Å². The van der Waals surface area contributed by atoms with Crippen molar-refractivity contribution in [2.45, 2.75) is 6.18 Å². The van der Waals surface area contributed by atoms with E-state index in [0.29, 0.717) is 4.90 Å². The molecule has 0 bridgehead atoms. The quantitative estimate of drug-likeness (QED) is 0.509. The van der Waals surface area contributed by atoms with Crippen LogP contribution in [0.3, 0.4) is 0 Å². The van der Waals surface area contributed by atoms with E-state index in [0.717, 1.165) is 16.2 Å². The molecule has 0 radical (unpaired) electrons. The molecule has 0 N–H and O–H groups in total. The maximum absolute atomic E-state index is 12.7. The Balaban J connectivity index is 2.17. The lowest BCUT2D eigenvalue weighted by Gasteiger charge is -2.05. The van der Waals surface area contributed by atoms with Gasteiger partial charge in [0.2, 0.25) is 0 Å². The van der Waals surface area contributed by atoms with E-state index in [4.69, 9.17) is 0 Å². The minimum atomic E-state index is -4.29. The number of halogens is 3. The molecule has 0 aliphatic heterocycles. The second kappa shape index (κ2) is 4.38. The summed E-state index contributed by atoms with van der Waals surface area (Å²) in [5, 5.41) is 3.06. The molecule has 0 fully saturated rings. The highest BCUT2D eigenvalue weighted by atomic mass is 32.2. The number of hydrogen-bond acceptors (Lipinski definition) is 0. The maximum atomic E-state index is 12.7. The molecule has 3 aromatic rings. The SMILES string of the molecule is FC(F)(F)c1cccc(-[s+]2ccc3ccccc32)c1. The lowest BCUT2D eigenvalue weighted by molar-refractivity contribution is -0.137. The Morgan fingerprint density at radius 3 is 2.42 bits per heavy atom. The fourth-order valence-corrected chi connectivity index (χ4v) is 3.98. The molecule has 0 nitrogen and oxygen atoms in total. The number of thiophene rings is 1. The van der Waals surface area contributed by atoms with Crippen LogP contribution in [0, 0.1) is 0 Å². The van der Waals surface area contributed by atoms with Crippen molar-refractivity contribution in [3.63, 3.8) is 0 Å². The highest BCUT2D eigenvalue weighted by Crippen LogP contribution is 2.41. The van der Waals surface area contributed by atoms with E-state index in [9.17, 15) is 13.2 Å². The lowest BCUT2D eigenvalue weighted by Crippen LogP contribution is -2.04. The molecule has 19 heavy (non-hydrogen) atoms. The van der Waals surface area contributed by atoms with Gasteiger partial charge in [0, 0.05) is 28.0 Å². The Morgan fingerprint density at radius 1 is 0.842 bits per heavy atom. The Kier molecular flexibility index (Phi) is 2.82. The molecule has 4 heteroatoms. The molecule has 0 saturated heterocycles. The zero-order chi connectivity index (χ0) is 13.5. The van der Waals surface area contributed by atoms with Gasteiger partial charge in [0.25, 0.3) is 0 Å². The van der Waals surface area contributed by atoms with Gasteiger partial charge >= 0.3 is 6.18 Å². The molecule has 1 heterocycles. The van der Waals surface area contributed by atoms with Gasteiger partial charge in [0.1, 0.15) is 5.38 Å². The van der Waals surface area contributed by atoms with Gasteiger partial charge in [0.05, 0.1) is 5.56 Å². The molecular formula is C15H10F3S+. The highest BCUT2D eigenvalue weighted by Gasteiger charge is 2.31. The monoisotopic (exact) mass is 279 g/mol. The Morgan fingerprint density at radius 2 is 1.63 bits per heavy atom. The molecule has 0 aliphatic rings. The van der Waals surface area contributed by atoms with Crippen LogP contribution in [-0.2, 0) is 6.18 Å². The van der Waals surface area contributed by atoms with Gasteiger partial charge in [0.15, 0.2) is 9.60 Å². The van der Waals surface area contributed by atoms with Gasteiger partial charge < -0.3 is 0 Å². The van der Waals surface area contributed by atoms with Gasteiger partial charge in [-0.15, -0.1) is 0 Å². The minimum Gasteiger partial charge on any atom is -0.166 e. The van der Waals surface area contributed by atoms with Crippen LogP contribution in [0.2, 0.25) is 0 Å². The van der Waals surface area contributed by atoms with Crippen LogP contribution < -0.4 is 0 Å². The molecule has 1 aromatic heterocycles. The molecule has 1 unspecified atom stereocenters. The van der Waals surface area contributed by atoms with Crippen molar-refractivity contribution >= 4 is 20.6 Å².